The first-order chi connectivity index (χ1) is 5.24. The van der Waals surface area contributed by atoms with Crippen LogP contribution in [0.3, 0.4) is 0 Å². The zero-order valence-electron chi connectivity index (χ0n) is 6.16. The Bertz CT molecular complexity index is 92.3. The van der Waals surface area contributed by atoms with Crippen molar-refractivity contribution in [3.63, 3.8) is 0 Å². The molecule has 0 rings (SSSR count). The van der Waals surface area contributed by atoms with E-state index in [-0.39, 0.29) is 0 Å². The Labute approximate surface area is 65.8 Å². The second kappa shape index (κ2) is 5.57. The number of hydrogen-bond acceptors (Lipinski definition) is 7. The first-order valence-corrected chi connectivity index (χ1v) is 5.01. The van der Waals surface area contributed by atoms with Gasteiger partial charge in [-0.1, -0.05) is 0 Å². The van der Waals surface area contributed by atoms with Gasteiger partial charge in [0.1, 0.15) is 0 Å². The number of hydrogen-bond donors (Lipinski definition) is 4. The molecule has 0 spiro atoms. The molecule has 0 aromatic heterocycles. The molecule has 7 nitrogen and oxygen atoms in total. The van der Waals surface area contributed by atoms with Crippen LogP contribution in [-0.2, 0) is 13.6 Å². The van der Waals surface area contributed by atoms with Crippen LogP contribution in [0.2, 0.25) is 6.04 Å². The molecule has 0 aliphatic carbocycles. The lowest BCUT2D eigenvalue weighted by Gasteiger charge is -2.20. The van der Waals surface area contributed by atoms with Crippen molar-refractivity contribution >= 4 is 8.80 Å². The van der Waals surface area contributed by atoms with Gasteiger partial charge in [-0.2, -0.15) is 0 Å². The second-order valence-corrected chi connectivity index (χ2v) is 4.50. The van der Waals surface area contributed by atoms with Crippen LogP contribution in [0.1, 0.15) is 6.42 Å². The molecule has 68 valence electrons. The maximum atomic E-state index is 5.23. The molecule has 0 atom stereocenters. The predicted molar refractivity (Wildman–Crippen MR) is 40.0 cm³/mol. The van der Waals surface area contributed by atoms with Gasteiger partial charge in [0.05, 0.1) is 0 Å². The van der Waals surface area contributed by atoms with Crippen LogP contribution in [0.25, 0.3) is 0 Å². The van der Waals surface area contributed by atoms with E-state index in [1.807, 2.05) is 0 Å². The lowest BCUT2D eigenvalue weighted by molar-refractivity contribution is 0.0586. The predicted octanol–water partition coefficient (Wildman–Crippen LogP) is -2.05. The molecule has 0 bridgehead atoms. The van der Waals surface area contributed by atoms with E-state index in [0.29, 0.717) is 19.0 Å². The fraction of sp³-hybridized carbons (Fsp3) is 1.00. The van der Waals surface area contributed by atoms with E-state index >= 15 is 0 Å². The molecule has 0 unspecified atom stereocenters. The summed E-state index contributed by atoms with van der Waals surface area (Å²) in [6, 6.07) is 0.410. The maximum Gasteiger partial charge on any atom is 0.551 e. The molecule has 0 aromatic carbocycles. The molecule has 8 heteroatoms. The fourth-order valence-corrected chi connectivity index (χ4v) is 1.74. The summed E-state index contributed by atoms with van der Waals surface area (Å²) in [5.41, 5.74) is 5.23. The van der Waals surface area contributed by atoms with Crippen LogP contribution < -0.4 is 23.4 Å². The van der Waals surface area contributed by atoms with Gasteiger partial charge in [0.2, 0.25) is 0 Å². The van der Waals surface area contributed by atoms with Crippen molar-refractivity contribution in [2.75, 3.05) is 6.54 Å². The molecule has 11 heavy (non-hydrogen) atoms. The summed E-state index contributed by atoms with van der Waals surface area (Å²) >= 11 is 0. The molecule has 0 saturated carbocycles. The van der Waals surface area contributed by atoms with E-state index in [9.17, 15) is 0 Å². The lowest BCUT2D eigenvalue weighted by atomic mass is 10.5. The summed E-state index contributed by atoms with van der Waals surface area (Å²) in [5.74, 6) is 14.6. The summed E-state index contributed by atoms with van der Waals surface area (Å²) in [5, 5.41) is 0. The zero-order chi connectivity index (χ0) is 8.74. The third-order valence-corrected chi connectivity index (χ3v) is 3.27. The molecule has 0 amide bonds. The topological polar surface area (TPSA) is 132 Å². The minimum atomic E-state index is -2.99. The maximum absolute atomic E-state index is 5.23. The van der Waals surface area contributed by atoms with Gasteiger partial charge in [0, 0.05) is 6.04 Å². The van der Waals surface area contributed by atoms with E-state index in [4.69, 9.17) is 23.4 Å². The van der Waals surface area contributed by atoms with Gasteiger partial charge in [-0.3, -0.25) is 13.6 Å². The van der Waals surface area contributed by atoms with Gasteiger partial charge in [0.25, 0.3) is 0 Å². The molecular weight excluding hydrogens is 168 g/mol. The van der Waals surface area contributed by atoms with E-state index in [1.165, 1.54) is 0 Å². The van der Waals surface area contributed by atoms with Gasteiger partial charge in [-0.25, -0.2) is 17.7 Å². The third kappa shape index (κ3) is 3.22. The average molecular weight is 182 g/mol. The van der Waals surface area contributed by atoms with Crippen LogP contribution in [0.4, 0.5) is 0 Å². The molecule has 0 fully saturated rings. The van der Waals surface area contributed by atoms with Gasteiger partial charge in [-0.15, -0.1) is 0 Å². The molecule has 0 aliphatic heterocycles. The fourth-order valence-electron chi connectivity index (χ4n) is 0.579. The highest BCUT2D eigenvalue weighted by atomic mass is 28.4. The number of rotatable bonds is 6. The molecular formula is C3H14N4O3Si. The normalized spacial score (nSPS) is 12.0. The Hall–Kier alpha value is -0.0631. The van der Waals surface area contributed by atoms with E-state index in [0.717, 1.165) is 0 Å². The monoisotopic (exact) mass is 182 g/mol. The van der Waals surface area contributed by atoms with Crippen molar-refractivity contribution < 1.29 is 13.6 Å². The Kier molecular flexibility index (Phi) is 5.54. The molecule has 0 saturated heterocycles. The van der Waals surface area contributed by atoms with Gasteiger partial charge in [0.15, 0.2) is 0 Å². The Morgan fingerprint density at radius 2 is 1.45 bits per heavy atom. The minimum Gasteiger partial charge on any atom is -0.330 e. The highest BCUT2D eigenvalue weighted by Crippen LogP contribution is 2.10. The van der Waals surface area contributed by atoms with E-state index in [2.05, 4.69) is 13.6 Å². The Morgan fingerprint density at radius 1 is 1.00 bits per heavy atom. The highest BCUT2D eigenvalue weighted by molar-refractivity contribution is 6.60. The van der Waals surface area contributed by atoms with Gasteiger partial charge < -0.3 is 5.73 Å². The summed E-state index contributed by atoms with van der Waals surface area (Å²) in [6.45, 7) is 0.477. The van der Waals surface area contributed by atoms with Crippen molar-refractivity contribution in [3.8, 4) is 0 Å². The highest BCUT2D eigenvalue weighted by Gasteiger charge is 2.40. The standard InChI is InChI=1S/C3H14N4O3Si/c4-2-1-3-11(8-5,9-6)10-7/h1-7H2. The van der Waals surface area contributed by atoms with Crippen molar-refractivity contribution in [1.29, 1.82) is 0 Å². The SMILES string of the molecule is NCCC[Si](ON)(ON)ON. The van der Waals surface area contributed by atoms with Crippen molar-refractivity contribution in [2.24, 2.45) is 23.4 Å². The smallest absolute Gasteiger partial charge is 0.330 e. The van der Waals surface area contributed by atoms with Gasteiger partial charge >= 0.3 is 8.80 Å². The molecule has 0 aliphatic rings. The zero-order valence-corrected chi connectivity index (χ0v) is 7.16. The number of nitrogens with two attached hydrogens (primary N) is 4. The van der Waals surface area contributed by atoms with Crippen molar-refractivity contribution in [2.45, 2.75) is 12.5 Å². The molecule has 0 heterocycles. The largest absolute Gasteiger partial charge is 0.551 e. The van der Waals surface area contributed by atoms with Crippen molar-refractivity contribution in [1.82, 2.24) is 0 Å². The van der Waals surface area contributed by atoms with Crippen LogP contribution >= 0.6 is 0 Å². The summed E-state index contributed by atoms with van der Waals surface area (Å²) < 4.78 is 13.3. The van der Waals surface area contributed by atoms with Crippen LogP contribution in [0.15, 0.2) is 0 Å². The first-order valence-electron chi connectivity index (χ1n) is 3.08. The van der Waals surface area contributed by atoms with Gasteiger partial charge in [-0.05, 0) is 13.0 Å². The summed E-state index contributed by atoms with van der Waals surface area (Å²) in [6.07, 6.45) is 0.637. The average Bonchev–Trinajstić information content (AvgIpc) is 2.08. The molecule has 8 N–H and O–H groups in total. The summed E-state index contributed by atoms with van der Waals surface area (Å²) in [7, 11) is -2.99. The Morgan fingerprint density at radius 3 is 1.73 bits per heavy atom. The minimum absolute atomic E-state index is 0.410. The van der Waals surface area contributed by atoms with E-state index < -0.39 is 8.80 Å². The van der Waals surface area contributed by atoms with Crippen molar-refractivity contribution in [3.05, 3.63) is 0 Å². The van der Waals surface area contributed by atoms with Crippen LogP contribution in [0.5, 0.6) is 0 Å². The lowest BCUT2D eigenvalue weighted by Crippen LogP contribution is -2.51. The quantitative estimate of drug-likeness (QED) is 0.274. The summed E-state index contributed by atoms with van der Waals surface area (Å²) in [4.78, 5) is 0. The van der Waals surface area contributed by atoms with Crippen LogP contribution in [0, 0.1) is 0 Å². The Balaban J connectivity index is 3.84. The van der Waals surface area contributed by atoms with E-state index in [1.54, 1.807) is 0 Å². The first kappa shape index (κ1) is 10.9. The third-order valence-electron chi connectivity index (χ3n) is 1.23. The van der Waals surface area contributed by atoms with Crippen LogP contribution in [-0.4, -0.2) is 15.3 Å². The molecule has 0 aromatic rings. The molecule has 0 radical (unpaired) electrons. The second-order valence-electron chi connectivity index (χ2n) is 1.93.